The number of anilines is 1. The topological polar surface area (TPSA) is 56.6 Å². The SMILES string of the molecule is CC(C)(C)OC(=O)N1CCN(c2ccc(F)c(C#N)c2)CC1. The molecule has 1 fully saturated rings. The molecule has 5 nitrogen and oxygen atoms in total. The fourth-order valence-electron chi connectivity index (χ4n) is 2.27. The Morgan fingerprint density at radius 1 is 1.27 bits per heavy atom. The van der Waals surface area contributed by atoms with Gasteiger partial charge in [0.1, 0.15) is 17.5 Å². The first-order valence-corrected chi connectivity index (χ1v) is 7.23. The van der Waals surface area contributed by atoms with Gasteiger partial charge in [-0.1, -0.05) is 0 Å². The summed E-state index contributed by atoms with van der Waals surface area (Å²) >= 11 is 0. The lowest BCUT2D eigenvalue weighted by Crippen LogP contribution is -2.50. The van der Waals surface area contributed by atoms with E-state index in [1.807, 2.05) is 31.7 Å². The molecule has 1 aliphatic heterocycles. The summed E-state index contributed by atoms with van der Waals surface area (Å²) in [4.78, 5) is 15.7. The van der Waals surface area contributed by atoms with Gasteiger partial charge in [-0.3, -0.25) is 0 Å². The van der Waals surface area contributed by atoms with E-state index in [9.17, 15) is 9.18 Å². The van der Waals surface area contributed by atoms with Crippen molar-refractivity contribution in [3.8, 4) is 6.07 Å². The number of nitrogens with zero attached hydrogens (tertiary/aromatic N) is 3. The number of carbonyl (C=O) groups excluding carboxylic acids is 1. The third-order valence-corrected chi connectivity index (χ3v) is 3.37. The molecule has 2 rings (SSSR count). The molecule has 6 heteroatoms. The Hall–Kier alpha value is -2.29. The van der Waals surface area contributed by atoms with E-state index < -0.39 is 11.4 Å². The highest BCUT2D eigenvalue weighted by Gasteiger charge is 2.26. The highest BCUT2D eigenvalue weighted by molar-refractivity contribution is 5.68. The van der Waals surface area contributed by atoms with Gasteiger partial charge in [-0.05, 0) is 39.0 Å². The molecule has 0 bridgehead atoms. The molecule has 0 radical (unpaired) electrons. The fraction of sp³-hybridized carbons (Fsp3) is 0.500. The average Bonchev–Trinajstić information content (AvgIpc) is 2.46. The van der Waals surface area contributed by atoms with Crippen LogP contribution in [0.2, 0.25) is 0 Å². The van der Waals surface area contributed by atoms with E-state index in [1.165, 1.54) is 6.07 Å². The molecule has 1 aromatic carbocycles. The maximum Gasteiger partial charge on any atom is 0.410 e. The first-order valence-electron chi connectivity index (χ1n) is 7.23. The highest BCUT2D eigenvalue weighted by Crippen LogP contribution is 2.20. The van der Waals surface area contributed by atoms with E-state index in [4.69, 9.17) is 10.00 Å². The lowest BCUT2D eigenvalue weighted by molar-refractivity contribution is 0.0240. The summed E-state index contributed by atoms with van der Waals surface area (Å²) in [7, 11) is 0. The number of hydrogen-bond acceptors (Lipinski definition) is 4. The van der Waals surface area contributed by atoms with Crippen LogP contribution in [0.4, 0.5) is 14.9 Å². The summed E-state index contributed by atoms with van der Waals surface area (Å²) in [5, 5.41) is 8.89. The molecule has 1 saturated heterocycles. The van der Waals surface area contributed by atoms with Gasteiger partial charge < -0.3 is 14.5 Å². The summed E-state index contributed by atoms with van der Waals surface area (Å²) < 4.78 is 18.7. The second-order valence-corrected chi connectivity index (χ2v) is 6.23. The maximum atomic E-state index is 13.4. The highest BCUT2D eigenvalue weighted by atomic mass is 19.1. The zero-order valence-corrected chi connectivity index (χ0v) is 13.1. The molecule has 0 aliphatic carbocycles. The summed E-state index contributed by atoms with van der Waals surface area (Å²) in [5.41, 5.74) is 0.321. The smallest absolute Gasteiger partial charge is 0.410 e. The van der Waals surface area contributed by atoms with Crippen LogP contribution >= 0.6 is 0 Å². The molecule has 22 heavy (non-hydrogen) atoms. The van der Waals surface area contributed by atoms with Gasteiger partial charge in [-0.15, -0.1) is 0 Å². The van der Waals surface area contributed by atoms with Crippen molar-refractivity contribution >= 4 is 11.8 Å². The van der Waals surface area contributed by atoms with Crippen LogP contribution in [-0.2, 0) is 4.74 Å². The molecule has 0 unspecified atom stereocenters. The molecular formula is C16H20FN3O2. The van der Waals surface area contributed by atoms with Crippen molar-refractivity contribution in [2.45, 2.75) is 26.4 Å². The van der Waals surface area contributed by atoms with Crippen molar-refractivity contribution in [1.29, 1.82) is 5.26 Å². The van der Waals surface area contributed by atoms with Gasteiger partial charge in [0.25, 0.3) is 0 Å². The van der Waals surface area contributed by atoms with Gasteiger partial charge in [-0.25, -0.2) is 9.18 Å². The number of carbonyl (C=O) groups is 1. The molecule has 1 aliphatic rings. The largest absolute Gasteiger partial charge is 0.444 e. The van der Waals surface area contributed by atoms with Crippen molar-refractivity contribution in [3.63, 3.8) is 0 Å². The van der Waals surface area contributed by atoms with Gasteiger partial charge in [0.15, 0.2) is 0 Å². The van der Waals surface area contributed by atoms with Crippen LogP contribution in [0.15, 0.2) is 18.2 Å². The van der Waals surface area contributed by atoms with E-state index >= 15 is 0 Å². The minimum atomic E-state index is -0.515. The predicted octanol–water partition coefficient (Wildman–Crippen LogP) is 2.75. The van der Waals surface area contributed by atoms with Crippen LogP contribution in [0, 0.1) is 17.1 Å². The number of halogens is 1. The Morgan fingerprint density at radius 3 is 2.45 bits per heavy atom. The Labute approximate surface area is 129 Å². The van der Waals surface area contributed by atoms with E-state index in [1.54, 1.807) is 17.0 Å². The Balaban J connectivity index is 1.98. The quantitative estimate of drug-likeness (QED) is 0.800. The maximum absolute atomic E-state index is 13.4. The van der Waals surface area contributed by atoms with Crippen molar-refractivity contribution in [2.75, 3.05) is 31.1 Å². The number of amides is 1. The molecule has 0 aromatic heterocycles. The van der Waals surface area contributed by atoms with E-state index in [2.05, 4.69) is 0 Å². The van der Waals surface area contributed by atoms with E-state index in [-0.39, 0.29) is 11.7 Å². The zero-order chi connectivity index (χ0) is 16.3. The summed E-state index contributed by atoms with van der Waals surface area (Å²) in [6.07, 6.45) is -0.316. The zero-order valence-electron chi connectivity index (χ0n) is 13.1. The van der Waals surface area contributed by atoms with Crippen LogP contribution in [0.1, 0.15) is 26.3 Å². The average molecular weight is 305 g/mol. The predicted molar refractivity (Wildman–Crippen MR) is 81.1 cm³/mol. The molecule has 0 atom stereocenters. The Morgan fingerprint density at radius 2 is 1.91 bits per heavy atom. The molecule has 118 valence electrons. The van der Waals surface area contributed by atoms with Crippen LogP contribution in [0.25, 0.3) is 0 Å². The molecule has 1 amide bonds. The second-order valence-electron chi connectivity index (χ2n) is 6.23. The number of ether oxygens (including phenoxy) is 1. The number of benzene rings is 1. The Kier molecular flexibility index (Phi) is 4.55. The molecule has 1 heterocycles. The first-order chi connectivity index (χ1) is 10.3. The lowest BCUT2D eigenvalue weighted by atomic mass is 10.1. The van der Waals surface area contributed by atoms with Crippen molar-refractivity contribution in [1.82, 2.24) is 4.90 Å². The first kappa shape index (κ1) is 16.1. The lowest BCUT2D eigenvalue weighted by Gasteiger charge is -2.36. The van der Waals surface area contributed by atoms with Crippen molar-refractivity contribution < 1.29 is 13.9 Å². The number of rotatable bonds is 1. The van der Waals surface area contributed by atoms with Crippen LogP contribution < -0.4 is 4.90 Å². The minimum Gasteiger partial charge on any atom is -0.444 e. The monoisotopic (exact) mass is 305 g/mol. The van der Waals surface area contributed by atoms with Crippen molar-refractivity contribution in [2.24, 2.45) is 0 Å². The van der Waals surface area contributed by atoms with Crippen LogP contribution in [-0.4, -0.2) is 42.8 Å². The number of nitriles is 1. The molecular weight excluding hydrogens is 285 g/mol. The van der Waals surface area contributed by atoms with Crippen molar-refractivity contribution in [3.05, 3.63) is 29.6 Å². The molecule has 0 saturated carbocycles. The molecule has 0 spiro atoms. The second kappa shape index (κ2) is 6.22. The molecule has 0 N–H and O–H groups in total. The number of hydrogen-bond donors (Lipinski definition) is 0. The molecule has 1 aromatic rings. The van der Waals surface area contributed by atoms with Gasteiger partial charge in [0.05, 0.1) is 5.56 Å². The summed E-state index contributed by atoms with van der Waals surface area (Å²) in [5.74, 6) is -0.515. The summed E-state index contributed by atoms with van der Waals surface area (Å²) in [6.45, 7) is 7.82. The van der Waals surface area contributed by atoms with Crippen LogP contribution in [0.3, 0.4) is 0 Å². The van der Waals surface area contributed by atoms with Gasteiger partial charge in [0, 0.05) is 31.9 Å². The fourth-order valence-corrected chi connectivity index (χ4v) is 2.27. The standard InChI is InChI=1S/C16H20FN3O2/c1-16(2,3)22-15(21)20-8-6-19(7-9-20)13-4-5-14(17)12(10-13)11-18/h4-5,10H,6-9H2,1-3H3. The van der Waals surface area contributed by atoms with Gasteiger partial charge in [-0.2, -0.15) is 5.26 Å². The van der Waals surface area contributed by atoms with E-state index in [0.29, 0.717) is 26.2 Å². The van der Waals surface area contributed by atoms with Crippen LogP contribution in [0.5, 0.6) is 0 Å². The third-order valence-electron chi connectivity index (χ3n) is 3.37. The van der Waals surface area contributed by atoms with Gasteiger partial charge >= 0.3 is 6.09 Å². The minimum absolute atomic E-state index is 0.0343. The third kappa shape index (κ3) is 3.88. The Bertz CT molecular complexity index is 596. The summed E-state index contributed by atoms with van der Waals surface area (Å²) in [6, 6.07) is 6.33. The normalized spacial score (nSPS) is 15.4. The van der Waals surface area contributed by atoms with Gasteiger partial charge in [0.2, 0.25) is 0 Å². The van der Waals surface area contributed by atoms with E-state index in [0.717, 1.165) is 5.69 Å². The number of piperazine rings is 1.